The van der Waals surface area contributed by atoms with Crippen LogP contribution in [0.4, 0.5) is 0 Å². The van der Waals surface area contributed by atoms with Crippen LogP contribution in [0.15, 0.2) is 36.4 Å². The molecule has 20 heavy (non-hydrogen) atoms. The topological polar surface area (TPSA) is 45.9 Å². The van der Waals surface area contributed by atoms with Crippen LogP contribution in [0.3, 0.4) is 0 Å². The molecule has 0 N–H and O–H groups in total. The molecule has 1 heterocycles. The molecule has 3 heteroatoms. The number of hydrogen-bond donors (Lipinski definition) is 0. The summed E-state index contributed by atoms with van der Waals surface area (Å²) in [5.41, 5.74) is 2.33. The van der Waals surface area contributed by atoms with Gasteiger partial charge in [-0.05, 0) is 30.5 Å². The summed E-state index contributed by atoms with van der Waals surface area (Å²) in [4.78, 5) is 4.32. The number of pyridine rings is 1. The average molecular weight is 266 g/mol. The second kappa shape index (κ2) is 5.34. The molecule has 0 aliphatic carbocycles. The number of benzene rings is 1. The summed E-state index contributed by atoms with van der Waals surface area (Å²) in [6.07, 6.45) is 0. The molecule has 0 saturated carbocycles. The van der Waals surface area contributed by atoms with Gasteiger partial charge in [0.15, 0.2) is 0 Å². The lowest BCUT2D eigenvalue weighted by Gasteiger charge is -2.22. The molecule has 1 aromatic carbocycles. The molecule has 2 aromatic rings. The summed E-state index contributed by atoms with van der Waals surface area (Å²) < 4.78 is 5.91. The zero-order valence-corrected chi connectivity index (χ0v) is 12.3. The van der Waals surface area contributed by atoms with E-state index in [1.54, 1.807) is 12.1 Å². The van der Waals surface area contributed by atoms with Gasteiger partial charge in [0.25, 0.3) is 0 Å². The fourth-order valence-electron chi connectivity index (χ4n) is 1.98. The van der Waals surface area contributed by atoms with Gasteiger partial charge in [-0.2, -0.15) is 5.26 Å². The van der Waals surface area contributed by atoms with E-state index in [1.165, 1.54) is 0 Å². The summed E-state index contributed by atoms with van der Waals surface area (Å²) in [7, 11) is 0. The summed E-state index contributed by atoms with van der Waals surface area (Å²) >= 11 is 0. The van der Waals surface area contributed by atoms with Crippen molar-refractivity contribution in [1.82, 2.24) is 4.98 Å². The van der Waals surface area contributed by atoms with Crippen molar-refractivity contribution in [1.29, 1.82) is 5.26 Å². The van der Waals surface area contributed by atoms with E-state index in [9.17, 15) is 0 Å². The highest BCUT2D eigenvalue weighted by Crippen LogP contribution is 2.34. The maximum absolute atomic E-state index is 9.15. The van der Waals surface area contributed by atoms with E-state index in [1.807, 2.05) is 31.2 Å². The number of nitriles is 1. The molecular formula is C17H18N2O. The molecule has 0 unspecified atom stereocenters. The maximum Gasteiger partial charge on any atom is 0.237 e. The SMILES string of the molecule is Cc1ccc(C#N)c(Oc2ccccc2C(C)(C)C)n1. The first-order valence-corrected chi connectivity index (χ1v) is 6.57. The van der Waals surface area contributed by atoms with Crippen LogP contribution in [0.25, 0.3) is 0 Å². The van der Waals surface area contributed by atoms with E-state index in [0.29, 0.717) is 11.4 Å². The molecular weight excluding hydrogens is 248 g/mol. The number of rotatable bonds is 2. The first-order valence-electron chi connectivity index (χ1n) is 6.57. The van der Waals surface area contributed by atoms with Crippen molar-refractivity contribution < 1.29 is 4.74 Å². The normalized spacial score (nSPS) is 10.9. The lowest BCUT2D eigenvalue weighted by Crippen LogP contribution is -2.12. The van der Waals surface area contributed by atoms with Crippen LogP contribution >= 0.6 is 0 Å². The lowest BCUT2D eigenvalue weighted by molar-refractivity contribution is 0.437. The molecule has 0 amide bonds. The Kier molecular flexibility index (Phi) is 3.76. The fourth-order valence-corrected chi connectivity index (χ4v) is 1.98. The van der Waals surface area contributed by atoms with Crippen LogP contribution in [0.1, 0.15) is 37.6 Å². The minimum atomic E-state index is -0.0345. The van der Waals surface area contributed by atoms with Gasteiger partial charge in [0, 0.05) is 11.3 Å². The minimum absolute atomic E-state index is 0.0345. The van der Waals surface area contributed by atoms with Crippen molar-refractivity contribution in [3.05, 3.63) is 53.2 Å². The van der Waals surface area contributed by atoms with Gasteiger partial charge in [0.2, 0.25) is 5.88 Å². The monoisotopic (exact) mass is 266 g/mol. The smallest absolute Gasteiger partial charge is 0.237 e. The predicted octanol–water partition coefficient (Wildman–Crippen LogP) is 4.35. The minimum Gasteiger partial charge on any atom is -0.437 e. The molecule has 3 nitrogen and oxygen atoms in total. The molecule has 0 fully saturated rings. The highest BCUT2D eigenvalue weighted by Gasteiger charge is 2.19. The number of hydrogen-bond acceptors (Lipinski definition) is 3. The Morgan fingerprint density at radius 2 is 1.80 bits per heavy atom. The van der Waals surface area contributed by atoms with Gasteiger partial charge in [-0.3, -0.25) is 0 Å². The Hall–Kier alpha value is -2.34. The van der Waals surface area contributed by atoms with Gasteiger partial charge in [-0.25, -0.2) is 4.98 Å². The molecule has 2 rings (SSSR count). The Labute approximate surface area is 119 Å². The van der Waals surface area contributed by atoms with E-state index in [0.717, 1.165) is 17.0 Å². The summed E-state index contributed by atoms with van der Waals surface area (Å²) in [5, 5.41) is 9.15. The second-order valence-corrected chi connectivity index (χ2v) is 5.77. The molecule has 0 spiro atoms. The standard InChI is InChI=1S/C17H18N2O/c1-12-9-10-13(11-18)16(19-12)20-15-8-6-5-7-14(15)17(2,3)4/h5-10H,1-4H3. The van der Waals surface area contributed by atoms with Crippen molar-refractivity contribution >= 4 is 0 Å². The fraction of sp³-hybridized carbons (Fsp3) is 0.294. The third kappa shape index (κ3) is 2.97. The third-order valence-corrected chi connectivity index (χ3v) is 3.02. The largest absolute Gasteiger partial charge is 0.437 e. The lowest BCUT2D eigenvalue weighted by atomic mass is 9.86. The quantitative estimate of drug-likeness (QED) is 0.811. The molecule has 0 aliphatic heterocycles. The van der Waals surface area contributed by atoms with Crippen LogP contribution in [-0.2, 0) is 5.41 Å². The van der Waals surface area contributed by atoms with E-state index in [-0.39, 0.29) is 5.41 Å². The highest BCUT2D eigenvalue weighted by molar-refractivity contribution is 5.45. The Morgan fingerprint density at radius 3 is 2.45 bits per heavy atom. The first-order chi connectivity index (χ1) is 9.41. The molecule has 1 aromatic heterocycles. The number of ether oxygens (including phenoxy) is 1. The van der Waals surface area contributed by atoms with Crippen molar-refractivity contribution in [3.8, 4) is 17.7 Å². The molecule has 0 aliphatic rings. The summed E-state index contributed by atoms with van der Waals surface area (Å²) in [6.45, 7) is 8.27. The van der Waals surface area contributed by atoms with Crippen LogP contribution < -0.4 is 4.74 Å². The van der Waals surface area contributed by atoms with E-state index < -0.39 is 0 Å². The van der Waals surface area contributed by atoms with Gasteiger partial charge < -0.3 is 4.74 Å². The van der Waals surface area contributed by atoms with Gasteiger partial charge in [0.05, 0.1) is 0 Å². The van der Waals surface area contributed by atoms with Gasteiger partial charge in [-0.15, -0.1) is 0 Å². The second-order valence-electron chi connectivity index (χ2n) is 5.77. The molecule has 0 atom stereocenters. The molecule has 0 saturated heterocycles. The summed E-state index contributed by atoms with van der Waals surface area (Å²) in [6, 6.07) is 13.5. The molecule has 0 radical (unpaired) electrons. The van der Waals surface area contributed by atoms with Crippen LogP contribution in [0.5, 0.6) is 11.6 Å². The Morgan fingerprint density at radius 1 is 1.10 bits per heavy atom. The van der Waals surface area contributed by atoms with Crippen molar-refractivity contribution in [3.63, 3.8) is 0 Å². The van der Waals surface area contributed by atoms with Crippen LogP contribution in [0, 0.1) is 18.3 Å². The number of para-hydroxylation sites is 1. The van der Waals surface area contributed by atoms with E-state index in [2.05, 4.69) is 31.8 Å². The van der Waals surface area contributed by atoms with E-state index in [4.69, 9.17) is 10.00 Å². The van der Waals surface area contributed by atoms with Crippen molar-refractivity contribution in [2.75, 3.05) is 0 Å². The zero-order chi connectivity index (χ0) is 14.8. The number of nitrogens with zero attached hydrogens (tertiary/aromatic N) is 2. The average Bonchev–Trinajstić information content (AvgIpc) is 2.38. The predicted molar refractivity (Wildman–Crippen MR) is 78.9 cm³/mol. The number of aryl methyl sites for hydroxylation is 1. The van der Waals surface area contributed by atoms with E-state index >= 15 is 0 Å². The van der Waals surface area contributed by atoms with Gasteiger partial charge in [0.1, 0.15) is 17.4 Å². The maximum atomic E-state index is 9.15. The zero-order valence-electron chi connectivity index (χ0n) is 12.3. The van der Waals surface area contributed by atoms with Crippen molar-refractivity contribution in [2.45, 2.75) is 33.1 Å². The number of aromatic nitrogens is 1. The molecule has 102 valence electrons. The van der Waals surface area contributed by atoms with Crippen molar-refractivity contribution in [2.24, 2.45) is 0 Å². The third-order valence-electron chi connectivity index (χ3n) is 3.02. The van der Waals surface area contributed by atoms with Gasteiger partial charge >= 0.3 is 0 Å². The Bertz CT molecular complexity index is 663. The van der Waals surface area contributed by atoms with Crippen LogP contribution in [0.2, 0.25) is 0 Å². The summed E-state index contributed by atoms with van der Waals surface area (Å²) in [5.74, 6) is 1.11. The first kappa shape index (κ1) is 14.1. The Balaban J connectivity index is 2.46. The van der Waals surface area contributed by atoms with Gasteiger partial charge in [-0.1, -0.05) is 39.0 Å². The molecule has 0 bridgehead atoms. The highest BCUT2D eigenvalue weighted by atomic mass is 16.5. The van der Waals surface area contributed by atoms with Crippen LogP contribution in [-0.4, -0.2) is 4.98 Å².